The van der Waals surface area contributed by atoms with Gasteiger partial charge in [-0.15, -0.1) is 0 Å². The van der Waals surface area contributed by atoms with Crippen LogP contribution >= 0.6 is 11.6 Å². The molecule has 0 spiro atoms. The van der Waals surface area contributed by atoms with Gasteiger partial charge in [-0.05, 0) is 24.8 Å². The molecule has 0 radical (unpaired) electrons. The smallest absolute Gasteiger partial charge is 0.144 e. The minimum Gasteiger partial charge on any atom is -0.381 e. The van der Waals surface area contributed by atoms with Crippen LogP contribution in [-0.4, -0.2) is 27.7 Å². The van der Waals surface area contributed by atoms with Gasteiger partial charge in [-0.2, -0.15) is 0 Å². The minimum absolute atomic E-state index is 0.528. The highest BCUT2D eigenvalue weighted by Gasteiger charge is 2.16. The van der Waals surface area contributed by atoms with Crippen molar-refractivity contribution in [2.75, 3.05) is 13.2 Å². The molecule has 90 valence electrons. The molecular formula is C12H14ClN3O. The number of halogens is 1. The third-order valence-corrected chi connectivity index (χ3v) is 3.60. The van der Waals surface area contributed by atoms with E-state index in [1.54, 1.807) is 0 Å². The summed E-state index contributed by atoms with van der Waals surface area (Å²) in [5.74, 6) is 0.674. The molecule has 0 bridgehead atoms. The Bertz CT molecular complexity index is 519. The van der Waals surface area contributed by atoms with E-state index in [0.29, 0.717) is 11.1 Å². The Kier molecular flexibility index (Phi) is 2.99. The number of nitrogens with zero attached hydrogens (tertiary/aromatic N) is 3. The zero-order valence-electron chi connectivity index (χ0n) is 9.47. The molecule has 0 saturated carbocycles. The highest BCUT2D eigenvalue weighted by Crippen LogP contribution is 2.23. The Labute approximate surface area is 105 Å². The molecule has 2 aromatic rings. The van der Waals surface area contributed by atoms with Crippen LogP contribution < -0.4 is 0 Å². The number of hydrogen-bond donors (Lipinski definition) is 0. The fourth-order valence-electron chi connectivity index (χ4n) is 2.33. The van der Waals surface area contributed by atoms with E-state index in [2.05, 4.69) is 14.5 Å². The van der Waals surface area contributed by atoms with E-state index in [4.69, 9.17) is 16.3 Å². The van der Waals surface area contributed by atoms with Crippen LogP contribution in [0.5, 0.6) is 0 Å². The van der Waals surface area contributed by atoms with Crippen LogP contribution in [0.2, 0.25) is 5.15 Å². The molecule has 0 aromatic carbocycles. The Morgan fingerprint density at radius 2 is 2.18 bits per heavy atom. The lowest BCUT2D eigenvalue weighted by atomic mass is 10.0. The topological polar surface area (TPSA) is 39.9 Å². The molecule has 4 nitrogen and oxygen atoms in total. The summed E-state index contributed by atoms with van der Waals surface area (Å²) in [5, 5.41) is 1.46. The summed E-state index contributed by atoms with van der Waals surface area (Å²) in [6.45, 7) is 2.74. The van der Waals surface area contributed by atoms with Crippen molar-refractivity contribution in [1.29, 1.82) is 0 Å². The van der Waals surface area contributed by atoms with Crippen LogP contribution in [0.3, 0.4) is 0 Å². The van der Waals surface area contributed by atoms with Crippen molar-refractivity contribution in [2.24, 2.45) is 5.92 Å². The van der Waals surface area contributed by atoms with Gasteiger partial charge in [-0.1, -0.05) is 11.6 Å². The third kappa shape index (κ3) is 2.15. The number of hydrogen-bond acceptors (Lipinski definition) is 3. The van der Waals surface area contributed by atoms with E-state index in [0.717, 1.165) is 43.6 Å². The third-order valence-electron chi connectivity index (χ3n) is 3.30. The molecule has 5 heteroatoms. The van der Waals surface area contributed by atoms with Crippen molar-refractivity contribution < 1.29 is 4.74 Å². The monoisotopic (exact) mass is 251 g/mol. The molecule has 0 atom stereocenters. The molecule has 0 N–H and O–H groups in total. The maximum absolute atomic E-state index is 6.03. The number of rotatable bonds is 2. The van der Waals surface area contributed by atoms with E-state index >= 15 is 0 Å². The predicted octanol–water partition coefficient (Wildman–Crippen LogP) is 2.51. The van der Waals surface area contributed by atoms with Crippen LogP contribution in [-0.2, 0) is 11.3 Å². The van der Waals surface area contributed by atoms with Crippen LogP contribution in [0.25, 0.3) is 11.0 Å². The van der Waals surface area contributed by atoms with Gasteiger partial charge in [-0.25, -0.2) is 9.97 Å². The summed E-state index contributed by atoms with van der Waals surface area (Å²) in [6, 6.07) is 1.98. The van der Waals surface area contributed by atoms with Crippen molar-refractivity contribution in [3.8, 4) is 0 Å². The molecule has 0 amide bonds. The molecule has 0 unspecified atom stereocenters. The van der Waals surface area contributed by atoms with Crippen molar-refractivity contribution >= 4 is 22.6 Å². The van der Waals surface area contributed by atoms with Gasteiger partial charge < -0.3 is 9.30 Å². The fraction of sp³-hybridized carbons (Fsp3) is 0.500. The van der Waals surface area contributed by atoms with Crippen molar-refractivity contribution in [3.63, 3.8) is 0 Å². The highest BCUT2D eigenvalue weighted by atomic mass is 35.5. The molecule has 1 aliphatic heterocycles. The normalized spacial score (nSPS) is 17.7. The fourth-order valence-corrected chi connectivity index (χ4v) is 2.52. The van der Waals surface area contributed by atoms with Gasteiger partial charge in [0.1, 0.15) is 17.1 Å². The summed E-state index contributed by atoms with van der Waals surface area (Å²) in [4.78, 5) is 8.29. The van der Waals surface area contributed by atoms with E-state index in [1.807, 2.05) is 12.3 Å². The lowest BCUT2D eigenvalue weighted by Crippen LogP contribution is -2.20. The van der Waals surface area contributed by atoms with Gasteiger partial charge in [0.15, 0.2) is 0 Å². The Morgan fingerprint density at radius 3 is 3.00 bits per heavy atom. The van der Waals surface area contributed by atoms with Crippen LogP contribution in [0.4, 0.5) is 0 Å². The standard InChI is InChI=1S/C12H14ClN3O/c13-11-10-1-4-16(12(10)15-8-14-11)7-9-2-5-17-6-3-9/h1,4,8-9H,2-3,5-7H2. The molecule has 1 aliphatic rings. The number of fused-ring (bicyclic) bond motifs is 1. The second-order valence-electron chi connectivity index (χ2n) is 4.43. The summed E-state index contributed by atoms with van der Waals surface area (Å²) in [7, 11) is 0. The van der Waals surface area contributed by atoms with Crippen molar-refractivity contribution in [3.05, 3.63) is 23.7 Å². The van der Waals surface area contributed by atoms with E-state index in [9.17, 15) is 0 Å². The second kappa shape index (κ2) is 4.63. The first-order valence-corrected chi connectivity index (χ1v) is 6.25. The zero-order chi connectivity index (χ0) is 11.7. The number of ether oxygens (including phenoxy) is 1. The second-order valence-corrected chi connectivity index (χ2v) is 4.78. The molecule has 3 rings (SSSR count). The van der Waals surface area contributed by atoms with Gasteiger partial charge in [0, 0.05) is 26.0 Å². The molecule has 17 heavy (non-hydrogen) atoms. The van der Waals surface area contributed by atoms with E-state index in [1.165, 1.54) is 6.33 Å². The summed E-state index contributed by atoms with van der Waals surface area (Å²) < 4.78 is 7.54. The lowest BCUT2D eigenvalue weighted by molar-refractivity contribution is 0.0616. The number of aromatic nitrogens is 3. The zero-order valence-corrected chi connectivity index (χ0v) is 10.2. The van der Waals surface area contributed by atoms with E-state index in [-0.39, 0.29) is 0 Å². The maximum atomic E-state index is 6.03. The first kappa shape index (κ1) is 11.0. The summed E-state index contributed by atoms with van der Waals surface area (Å²) in [6.07, 6.45) is 5.81. The molecule has 0 aliphatic carbocycles. The first-order valence-electron chi connectivity index (χ1n) is 5.87. The first-order chi connectivity index (χ1) is 8.34. The minimum atomic E-state index is 0.528. The predicted molar refractivity (Wildman–Crippen MR) is 66.1 cm³/mol. The molecule has 2 aromatic heterocycles. The molecule has 3 heterocycles. The van der Waals surface area contributed by atoms with Crippen LogP contribution in [0, 0.1) is 5.92 Å². The van der Waals surface area contributed by atoms with Crippen LogP contribution in [0.15, 0.2) is 18.6 Å². The molecule has 1 fully saturated rings. The van der Waals surface area contributed by atoms with E-state index < -0.39 is 0 Å². The Balaban J connectivity index is 1.87. The molecule has 1 saturated heterocycles. The Morgan fingerprint density at radius 1 is 1.35 bits per heavy atom. The summed E-state index contributed by atoms with van der Waals surface area (Å²) in [5.41, 5.74) is 0.927. The summed E-state index contributed by atoms with van der Waals surface area (Å²) >= 11 is 6.03. The maximum Gasteiger partial charge on any atom is 0.144 e. The SMILES string of the molecule is Clc1ncnc2c1ccn2CC1CCOCC1. The van der Waals surface area contributed by atoms with Crippen molar-refractivity contribution in [2.45, 2.75) is 19.4 Å². The average Bonchev–Trinajstić information content (AvgIpc) is 2.76. The van der Waals surface area contributed by atoms with Gasteiger partial charge in [0.2, 0.25) is 0 Å². The molecular weight excluding hydrogens is 238 g/mol. The van der Waals surface area contributed by atoms with Gasteiger partial charge >= 0.3 is 0 Å². The quantitative estimate of drug-likeness (QED) is 0.770. The Hall–Kier alpha value is -1.13. The average molecular weight is 252 g/mol. The lowest BCUT2D eigenvalue weighted by Gasteiger charge is -2.22. The van der Waals surface area contributed by atoms with Crippen LogP contribution in [0.1, 0.15) is 12.8 Å². The van der Waals surface area contributed by atoms with Gasteiger partial charge in [0.05, 0.1) is 5.39 Å². The van der Waals surface area contributed by atoms with Gasteiger partial charge in [0.25, 0.3) is 0 Å². The highest BCUT2D eigenvalue weighted by molar-refractivity contribution is 6.33. The largest absolute Gasteiger partial charge is 0.381 e. The van der Waals surface area contributed by atoms with Gasteiger partial charge in [-0.3, -0.25) is 0 Å². The van der Waals surface area contributed by atoms with Crippen molar-refractivity contribution in [1.82, 2.24) is 14.5 Å².